The van der Waals surface area contributed by atoms with Crippen LogP contribution in [0.1, 0.15) is 25.7 Å². The van der Waals surface area contributed by atoms with E-state index >= 15 is 0 Å². The molecule has 27 heavy (non-hydrogen) atoms. The number of benzene rings is 3. The predicted molar refractivity (Wildman–Crippen MR) is 119 cm³/mol. The van der Waals surface area contributed by atoms with Gasteiger partial charge in [-0.05, 0) is 28.4 Å². The fraction of sp³-hybridized carbons (Fsp3) is 0.154. The average Bonchev–Trinajstić information content (AvgIpc) is 2.75. The largest absolute Gasteiger partial charge is 0.229 e. The highest BCUT2D eigenvalue weighted by Crippen LogP contribution is 2.08. The molecule has 3 rings (SSSR count). The summed E-state index contributed by atoms with van der Waals surface area (Å²) in [5.74, 6) is 6.24. The zero-order valence-corrected chi connectivity index (χ0v) is 16.6. The van der Waals surface area contributed by atoms with E-state index in [1.165, 1.54) is 15.6 Å². The third-order valence-corrected chi connectivity index (χ3v) is 8.92. The van der Waals surface area contributed by atoms with Gasteiger partial charge < -0.3 is 0 Å². The second-order valence-corrected chi connectivity index (χ2v) is 10.0. The number of terminal acetylenes is 1. The van der Waals surface area contributed by atoms with Gasteiger partial charge in [0.05, 0.1) is 0 Å². The Kier molecular flexibility index (Phi) is 6.70. The maximum Gasteiger partial charge on any atom is 0.229 e. The monoisotopic (exact) mass is 364 g/mol. The van der Waals surface area contributed by atoms with E-state index in [-0.39, 0.29) is 0 Å². The Labute approximate surface area is 164 Å². The molecule has 0 fully saturated rings. The lowest BCUT2D eigenvalue weighted by molar-refractivity contribution is 0.783. The zero-order valence-electron chi connectivity index (χ0n) is 15.6. The first-order valence-corrected chi connectivity index (χ1v) is 11.5. The molecule has 0 bridgehead atoms. The van der Waals surface area contributed by atoms with Crippen LogP contribution >= 0.6 is 0 Å². The van der Waals surface area contributed by atoms with E-state index in [4.69, 9.17) is 6.42 Å². The summed E-state index contributed by atoms with van der Waals surface area (Å²) in [5.41, 5.74) is 3.80. The summed E-state index contributed by atoms with van der Waals surface area (Å²) >= 11 is 0. The SMILES string of the molecule is C#CCCCCC#C[Si](c1ccccc1)(c1ccccc1)c1ccccc1. The van der Waals surface area contributed by atoms with Crippen LogP contribution in [0.5, 0.6) is 0 Å². The lowest BCUT2D eigenvalue weighted by Crippen LogP contribution is -2.66. The minimum Gasteiger partial charge on any atom is -0.120 e. The molecule has 0 N–H and O–H groups in total. The van der Waals surface area contributed by atoms with Gasteiger partial charge in [-0.1, -0.05) is 91.0 Å². The molecule has 132 valence electrons. The van der Waals surface area contributed by atoms with E-state index in [1.54, 1.807) is 0 Å². The lowest BCUT2D eigenvalue weighted by atomic mass is 10.2. The highest BCUT2D eigenvalue weighted by Gasteiger charge is 2.37. The summed E-state index contributed by atoms with van der Waals surface area (Å²) in [7, 11) is -2.39. The molecule has 0 aliphatic rings. The van der Waals surface area contributed by atoms with Crippen molar-refractivity contribution in [3.05, 3.63) is 91.0 Å². The van der Waals surface area contributed by atoms with E-state index in [9.17, 15) is 0 Å². The van der Waals surface area contributed by atoms with Gasteiger partial charge in [-0.15, -0.1) is 23.8 Å². The van der Waals surface area contributed by atoms with E-state index in [2.05, 4.69) is 108 Å². The third kappa shape index (κ3) is 4.40. The van der Waals surface area contributed by atoms with Crippen molar-refractivity contribution in [1.82, 2.24) is 0 Å². The molecular weight excluding hydrogens is 340 g/mol. The molecule has 0 heterocycles. The number of hydrogen-bond donors (Lipinski definition) is 0. The number of unbranched alkanes of at least 4 members (excludes halogenated alkanes) is 3. The first kappa shape index (κ1) is 18.8. The van der Waals surface area contributed by atoms with Crippen LogP contribution in [0.25, 0.3) is 0 Å². The van der Waals surface area contributed by atoms with Gasteiger partial charge in [0.1, 0.15) is 0 Å². The fourth-order valence-electron chi connectivity index (χ4n) is 3.42. The standard InChI is InChI=1S/C26H24Si/c1-2-3-4-5-6-16-23-27(24-17-10-7-11-18-24,25-19-12-8-13-20-25)26-21-14-9-15-22-26/h1,7-15,17-22H,3-6H2. The summed E-state index contributed by atoms with van der Waals surface area (Å²) in [6.07, 6.45) is 9.19. The Hall–Kier alpha value is -3.00. The molecule has 0 saturated heterocycles. The number of rotatable bonds is 6. The Balaban J connectivity index is 2.12. The van der Waals surface area contributed by atoms with Crippen molar-refractivity contribution in [2.45, 2.75) is 25.7 Å². The smallest absolute Gasteiger partial charge is 0.120 e. The maximum absolute atomic E-state index is 5.36. The van der Waals surface area contributed by atoms with Gasteiger partial charge in [-0.2, -0.15) is 0 Å². The zero-order chi connectivity index (χ0) is 18.8. The molecule has 3 aromatic carbocycles. The van der Waals surface area contributed by atoms with Crippen molar-refractivity contribution in [2.24, 2.45) is 0 Å². The number of hydrogen-bond acceptors (Lipinski definition) is 0. The van der Waals surface area contributed by atoms with Crippen LogP contribution in [0, 0.1) is 23.8 Å². The topological polar surface area (TPSA) is 0 Å². The van der Waals surface area contributed by atoms with Gasteiger partial charge in [0, 0.05) is 12.8 Å². The van der Waals surface area contributed by atoms with E-state index in [0.29, 0.717) is 0 Å². The first-order valence-electron chi connectivity index (χ1n) is 9.48. The Morgan fingerprint density at radius 2 is 1.00 bits per heavy atom. The van der Waals surface area contributed by atoms with Crippen molar-refractivity contribution in [3.8, 4) is 23.8 Å². The Morgan fingerprint density at radius 3 is 1.41 bits per heavy atom. The van der Waals surface area contributed by atoms with Gasteiger partial charge >= 0.3 is 0 Å². The first-order chi connectivity index (χ1) is 13.4. The maximum atomic E-state index is 5.36. The van der Waals surface area contributed by atoms with Crippen LogP contribution in [0.3, 0.4) is 0 Å². The highest BCUT2D eigenvalue weighted by molar-refractivity contribution is 7.16. The Bertz CT molecular complexity index is 829. The molecule has 0 saturated carbocycles. The highest BCUT2D eigenvalue weighted by atomic mass is 28.3. The van der Waals surface area contributed by atoms with Crippen molar-refractivity contribution >= 4 is 23.6 Å². The van der Waals surface area contributed by atoms with Gasteiger partial charge in [0.2, 0.25) is 8.07 Å². The molecule has 0 aliphatic carbocycles. The Morgan fingerprint density at radius 1 is 0.593 bits per heavy atom. The van der Waals surface area contributed by atoms with Crippen molar-refractivity contribution < 1.29 is 0 Å². The van der Waals surface area contributed by atoms with E-state index in [0.717, 1.165) is 25.7 Å². The molecule has 1 heteroatoms. The molecule has 0 aliphatic heterocycles. The molecule has 0 unspecified atom stereocenters. The fourth-order valence-corrected chi connectivity index (χ4v) is 7.32. The van der Waals surface area contributed by atoms with Gasteiger partial charge in [0.25, 0.3) is 0 Å². The van der Waals surface area contributed by atoms with Gasteiger partial charge in [-0.3, -0.25) is 0 Å². The molecule has 0 amide bonds. The summed E-state index contributed by atoms with van der Waals surface area (Å²) in [4.78, 5) is 0. The van der Waals surface area contributed by atoms with Crippen LogP contribution in [-0.2, 0) is 0 Å². The van der Waals surface area contributed by atoms with Crippen molar-refractivity contribution in [1.29, 1.82) is 0 Å². The van der Waals surface area contributed by atoms with Gasteiger partial charge in [-0.25, -0.2) is 0 Å². The quantitative estimate of drug-likeness (QED) is 0.269. The normalized spacial score (nSPS) is 10.5. The summed E-state index contributed by atoms with van der Waals surface area (Å²) in [6.45, 7) is 0. The van der Waals surface area contributed by atoms with Crippen molar-refractivity contribution in [3.63, 3.8) is 0 Å². The molecular formula is C26H24Si. The molecule has 0 nitrogen and oxygen atoms in total. The molecule has 0 spiro atoms. The average molecular weight is 365 g/mol. The summed E-state index contributed by atoms with van der Waals surface area (Å²) in [6, 6.07) is 32.4. The van der Waals surface area contributed by atoms with Crippen LogP contribution < -0.4 is 15.6 Å². The van der Waals surface area contributed by atoms with Gasteiger partial charge in [0.15, 0.2) is 0 Å². The van der Waals surface area contributed by atoms with Crippen LogP contribution in [0.15, 0.2) is 91.0 Å². The van der Waals surface area contributed by atoms with Crippen LogP contribution in [-0.4, -0.2) is 8.07 Å². The minimum absolute atomic E-state index is 0.834. The second kappa shape index (κ2) is 9.63. The van der Waals surface area contributed by atoms with E-state index < -0.39 is 8.07 Å². The van der Waals surface area contributed by atoms with E-state index in [1.807, 2.05) is 0 Å². The van der Waals surface area contributed by atoms with Crippen molar-refractivity contribution in [2.75, 3.05) is 0 Å². The molecule has 3 aromatic rings. The molecule has 0 radical (unpaired) electrons. The summed E-state index contributed by atoms with van der Waals surface area (Å²) in [5, 5.41) is 4.00. The summed E-state index contributed by atoms with van der Waals surface area (Å²) < 4.78 is 0. The van der Waals surface area contributed by atoms with Crippen LogP contribution in [0.2, 0.25) is 0 Å². The second-order valence-electron chi connectivity index (χ2n) is 6.56. The lowest BCUT2D eigenvalue weighted by Gasteiger charge is -2.28. The third-order valence-electron chi connectivity index (χ3n) is 4.77. The predicted octanol–water partition coefficient (Wildman–Crippen LogP) is 3.89. The molecule has 0 atom stereocenters. The molecule has 0 aromatic heterocycles. The minimum atomic E-state index is -2.39. The van der Waals surface area contributed by atoms with Crippen LogP contribution in [0.4, 0.5) is 0 Å².